The number of benzene rings is 1. The number of H-pyrrole nitrogens is 2. The molecule has 0 aliphatic carbocycles. The molecular formula is C21H23N9. The number of nitrogens with zero attached hydrogens (tertiary/aromatic N) is 6. The van der Waals surface area contributed by atoms with Gasteiger partial charge >= 0.3 is 0 Å². The second-order valence-corrected chi connectivity index (χ2v) is 8.33. The standard InChI is InChI=1S/C21H23N9/c1-30(15-8-13-2-3-14(9-15)24-13)19-7-6-18(25-26-19)17-5-4-16(12-10-22-23-11-12)20-21(17)28-29-27-20/h4-7,10-11,13-15,24H,2-3,8-9H2,1H3,(H,22,23)(H,27,28,29)/t13-,14+,15-. The predicted octanol–water partition coefficient (Wildman–Crippen LogP) is 2.52. The summed E-state index contributed by atoms with van der Waals surface area (Å²) < 4.78 is 0. The summed E-state index contributed by atoms with van der Waals surface area (Å²) in [5.41, 5.74) is 5.32. The Bertz CT molecular complexity index is 1150. The van der Waals surface area contributed by atoms with Crippen LogP contribution in [-0.2, 0) is 0 Å². The van der Waals surface area contributed by atoms with E-state index in [-0.39, 0.29) is 0 Å². The largest absolute Gasteiger partial charge is 0.355 e. The molecule has 9 heteroatoms. The first-order valence-electron chi connectivity index (χ1n) is 10.4. The van der Waals surface area contributed by atoms with Crippen LogP contribution in [0.3, 0.4) is 0 Å². The van der Waals surface area contributed by atoms with E-state index in [1.54, 1.807) is 6.20 Å². The van der Waals surface area contributed by atoms with Gasteiger partial charge in [-0.25, -0.2) is 0 Å². The second-order valence-electron chi connectivity index (χ2n) is 8.33. The van der Waals surface area contributed by atoms with E-state index in [0.29, 0.717) is 18.1 Å². The van der Waals surface area contributed by atoms with Crippen LogP contribution in [0.1, 0.15) is 25.7 Å². The molecule has 0 saturated carbocycles. The molecule has 3 aromatic heterocycles. The molecule has 30 heavy (non-hydrogen) atoms. The predicted molar refractivity (Wildman–Crippen MR) is 114 cm³/mol. The first kappa shape index (κ1) is 17.5. The Morgan fingerprint density at radius 2 is 1.80 bits per heavy atom. The Hall–Kier alpha value is -3.33. The van der Waals surface area contributed by atoms with Crippen LogP contribution in [0.15, 0.2) is 36.7 Å². The quantitative estimate of drug-likeness (QED) is 0.482. The van der Waals surface area contributed by atoms with Gasteiger partial charge in [0.2, 0.25) is 0 Å². The van der Waals surface area contributed by atoms with Crippen LogP contribution < -0.4 is 10.2 Å². The summed E-state index contributed by atoms with van der Waals surface area (Å²) >= 11 is 0. The van der Waals surface area contributed by atoms with Crippen LogP contribution in [0, 0.1) is 0 Å². The summed E-state index contributed by atoms with van der Waals surface area (Å²) in [4.78, 5) is 2.29. The molecule has 3 N–H and O–H groups in total. The summed E-state index contributed by atoms with van der Waals surface area (Å²) in [6.07, 6.45) is 8.56. The number of aromatic nitrogens is 7. The second kappa shape index (κ2) is 6.88. The van der Waals surface area contributed by atoms with Crippen molar-refractivity contribution in [3.63, 3.8) is 0 Å². The first-order chi connectivity index (χ1) is 14.8. The number of piperidine rings is 1. The summed E-state index contributed by atoms with van der Waals surface area (Å²) in [7, 11) is 2.13. The average Bonchev–Trinajstić information content (AvgIpc) is 3.54. The van der Waals surface area contributed by atoms with Gasteiger partial charge in [0.05, 0.1) is 17.4 Å². The van der Waals surface area contributed by atoms with Gasteiger partial charge in [0.25, 0.3) is 0 Å². The lowest BCUT2D eigenvalue weighted by Gasteiger charge is -2.36. The van der Waals surface area contributed by atoms with Crippen LogP contribution in [0.25, 0.3) is 33.4 Å². The molecule has 2 aliphatic heterocycles. The molecule has 0 amide bonds. The Morgan fingerprint density at radius 1 is 0.967 bits per heavy atom. The molecule has 152 valence electrons. The maximum Gasteiger partial charge on any atom is 0.151 e. The van der Waals surface area contributed by atoms with Crippen molar-refractivity contribution >= 4 is 16.9 Å². The molecule has 0 radical (unpaired) electrons. The fraction of sp³-hybridized carbons (Fsp3) is 0.381. The zero-order valence-electron chi connectivity index (χ0n) is 16.7. The van der Waals surface area contributed by atoms with Crippen molar-refractivity contribution in [3.8, 4) is 22.4 Å². The summed E-state index contributed by atoms with van der Waals surface area (Å²) in [6, 6.07) is 9.96. The van der Waals surface area contributed by atoms with Gasteiger partial charge in [0.1, 0.15) is 5.52 Å². The number of hydrogen-bond acceptors (Lipinski definition) is 7. The Morgan fingerprint density at radius 3 is 2.53 bits per heavy atom. The summed E-state index contributed by atoms with van der Waals surface area (Å²) in [6.45, 7) is 0. The molecule has 4 aromatic rings. The number of rotatable bonds is 4. The third kappa shape index (κ3) is 2.85. The van der Waals surface area contributed by atoms with E-state index in [1.165, 1.54) is 25.7 Å². The van der Waals surface area contributed by atoms with Gasteiger partial charge < -0.3 is 10.2 Å². The number of fused-ring (bicyclic) bond motifs is 3. The first-order valence-corrected chi connectivity index (χ1v) is 10.4. The van der Waals surface area contributed by atoms with Gasteiger partial charge in [0.15, 0.2) is 5.82 Å². The van der Waals surface area contributed by atoms with Crippen molar-refractivity contribution < 1.29 is 0 Å². The molecule has 3 atom stereocenters. The van der Waals surface area contributed by atoms with Crippen molar-refractivity contribution in [1.29, 1.82) is 0 Å². The van der Waals surface area contributed by atoms with Gasteiger partial charge in [-0.2, -0.15) is 5.10 Å². The van der Waals surface area contributed by atoms with Gasteiger partial charge in [-0.3, -0.25) is 10.2 Å². The fourth-order valence-electron chi connectivity index (χ4n) is 4.97. The number of nitrogens with one attached hydrogen (secondary N) is 3. The highest BCUT2D eigenvalue weighted by Gasteiger charge is 2.35. The van der Waals surface area contributed by atoms with Crippen LogP contribution in [-0.4, -0.2) is 61.0 Å². The monoisotopic (exact) mass is 401 g/mol. The molecule has 2 fully saturated rings. The molecule has 6 rings (SSSR count). The minimum Gasteiger partial charge on any atom is -0.355 e. The lowest BCUT2D eigenvalue weighted by atomic mass is 9.98. The maximum atomic E-state index is 4.55. The van der Waals surface area contributed by atoms with E-state index in [4.69, 9.17) is 0 Å². The van der Waals surface area contributed by atoms with Crippen molar-refractivity contribution in [3.05, 3.63) is 36.7 Å². The average molecular weight is 401 g/mol. The van der Waals surface area contributed by atoms with Crippen LogP contribution in [0.2, 0.25) is 0 Å². The van der Waals surface area contributed by atoms with Gasteiger partial charge in [-0.15, -0.1) is 15.3 Å². The summed E-state index contributed by atoms with van der Waals surface area (Å²) in [5.74, 6) is 0.916. The molecule has 9 nitrogen and oxygen atoms in total. The molecule has 5 heterocycles. The molecule has 2 saturated heterocycles. The van der Waals surface area contributed by atoms with E-state index < -0.39 is 0 Å². The zero-order chi connectivity index (χ0) is 20.1. The third-order valence-corrected chi connectivity index (χ3v) is 6.58. The lowest BCUT2D eigenvalue weighted by molar-refractivity contribution is 0.353. The van der Waals surface area contributed by atoms with Crippen molar-refractivity contribution in [1.82, 2.24) is 41.1 Å². The van der Waals surface area contributed by atoms with Crippen LogP contribution in [0.5, 0.6) is 0 Å². The molecule has 2 bridgehead atoms. The Labute approximate surface area is 173 Å². The SMILES string of the molecule is CN(c1ccc(-c2ccc(-c3cn[nH]c3)c3nn[nH]c23)nn1)[C@@H]1C[C@H]2CC[C@@H](C1)N2. The Kier molecular flexibility index (Phi) is 4.02. The molecular weight excluding hydrogens is 378 g/mol. The highest BCUT2D eigenvalue weighted by atomic mass is 15.3. The molecule has 1 aromatic carbocycles. The number of aromatic amines is 2. The van der Waals surface area contributed by atoms with Crippen LogP contribution >= 0.6 is 0 Å². The van der Waals surface area contributed by atoms with E-state index in [9.17, 15) is 0 Å². The van der Waals surface area contributed by atoms with Gasteiger partial charge in [0, 0.05) is 48.1 Å². The van der Waals surface area contributed by atoms with E-state index in [0.717, 1.165) is 39.2 Å². The van der Waals surface area contributed by atoms with Crippen molar-refractivity contribution in [2.75, 3.05) is 11.9 Å². The smallest absolute Gasteiger partial charge is 0.151 e. The van der Waals surface area contributed by atoms with E-state index in [1.807, 2.05) is 24.4 Å². The number of hydrogen-bond donors (Lipinski definition) is 3. The maximum absolute atomic E-state index is 4.55. The molecule has 0 unspecified atom stereocenters. The normalized spacial score (nSPS) is 23.2. The van der Waals surface area contributed by atoms with Crippen molar-refractivity contribution in [2.45, 2.75) is 43.8 Å². The highest BCUT2D eigenvalue weighted by molar-refractivity contribution is 5.99. The Balaban J connectivity index is 1.30. The zero-order valence-corrected chi connectivity index (χ0v) is 16.7. The minimum atomic E-state index is 0.515. The van der Waals surface area contributed by atoms with Gasteiger partial charge in [-0.05, 0) is 43.9 Å². The number of anilines is 1. The third-order valence-electron chi connectivity index (χ3n) is 6.58. The minimum absolute atomic E-state index is 0.515. The summed E-state index contributed by atoms with van der Waals surface area (Å²) in [5, 5.41) is 31.0. The highest BCUT2D eigenvalue weighted by Crippen LogP contribution is 2.33. The van der Waals surface area contributed by atoms with Crippen LogP contribution in [0.4, 0.5) is 5.82 Å². The lowest BCUT2D eigenvalue weighted by Crippen LogP contribution is -2.47. The van der Waals surface area contributed by atoms with Gasteiger partial charge in [-0.1, -0.05) is 11.3 Å². The fourth-order valence-corrected chi connectivity index (χ4v) is 4.97. The molecule has 2 aliphatic rings. The van der Waals surface area contributed by atoms with E-state index >= 15 is 0 Å². The van der Waals surface area contributed by atoms with Crippen molar-refractivity contribution in [2.24, 2.45) is 0 Å². The van der Waals surface area contributed by atoms with E-state index in [2.05, 4.69) is 59.1 Å². The topological polar surface area (TPSA) is 111 Å². The molecule has 0 spiro atoms.